The van der Waals surface area contributed by atoms with E-state index in [-0.39, 0.29) is 19.0 Å². The average Bonchev–Trinajstić information content (AvgIpc) is 3.33. The Balaban J connectivity index is 1.28. The van der Waals surface area contributed by atoms with Crippen LogP contribution in [0.2, 0.25) is 0 Å². The normalized spacial score (nSPS) is 17.4. The maximum absolute atomic E-state index is 12.6. The van der Waals surface area contributed by atoms with Gasteiger partial charge in [0, 0.05) is 11.0 Å². The van der Waals surface area contributed by atoms with Crippen molar-refractivity contribution in [1.29, 1.82) is 0 Å². The highest BCUT2D eigenvalue weighted by atomic mass is 32.1. The van der Waals surface area contributed by atoms with Crippen LogP contribution in [0.4, 0.5) is 0 Å². The number of nitrogens with one attached hydrogen (secondary N) is 1. The maximum atomic E-state index is 12.6. The molecule has 0 amide bonds. The topological polar surface area (TPSA) is 90.5 Å². The number of fused-ring (bicyclic) bond motifs is 4. The first kappa shape index (κ1) is 18.9. The van der Waals surface area contributed by atoms with Gasteiger partial charge in [-0.15, -0.1) is 11.3 Å². The molecule has 154 valence electrons. The van der Waals surface area contributed by atoms with Crippen molar-refractivity contribution in [3.8, 4) is 11.5 Å². The number of thiophene rings is 1. The number of esters is 1. The lowest BCUT2D eigenvalue weighted by Gasteiger charge is -2.17. The van der Waals surface area contributed by atoms with Gasteiger partial charge in [-0.3, -0.25) is 4.79 Å². The largest absolute Gasteiger partial charge is 0.454 e. The van der Waals surface area contributed by atoms with E-state index in [1.165, 1.54) is 11.0 Å². The highest BCUT2D eigenvalue weighted by Crippen LogP contribution is 2.35. The van der Waals surface area contributed by atoms with E-state index in [4.69, 9.17) is 14.2 Å². The van der Waals surface area contributed by atoms with E-state index in [9.17, 15) is 9.59 Å². The Morgan fingerprint density at radius 1 is 1.37 bits per heavy atom. The lowest BCUT2D eigenvalue weighted by atomic mass is 9.89. The zero-order valence-corrected chi connectivity index (χ0v) is 17.2. The smallest absolute Gasteiger partial charge is 0.331 e. The Kier molecular flexibility index (Phi) is 4.78. The molecule has 0 saturated heterocycles. The number of H-pyrrole nitrogens is 1. The van der Waals surface area contributed by atoms with Crippen LogP contribution in [0.25, 0.3) is 16.3 Å². The summed E-state index contributed by atoms with van der Waals surface area (Å²) in [6.45, 7) is 2.34. The molecule has 3 aromatic rings. The third kappa shape index (κ3) is 3.59. The average molecular weight is 424 g/mol. The highest BCUT2D eigenvalue weighted by molar-refractivity contribution is 7.18. The molecule has 0 saturated carbocycles. The van der Waals surface area contributed by atoms with E-state index in [0.717, 1.165) is 35.2 Å². The molecule has 0 radical (unpaired) electrons. The van der Waals surface area contributed by atoms with Crippen LogP contribution in [0.5, 0.6) is 11.5 Å². The van der Waals surface area contributed by atoms with Gasteiger partial charge in [0.1, 0.15) is 17.3 Å². The van der Waals surface area contributed by atoms with Gasteiger partial charge in [0.15, 0.2) is 11.5 Å². The Morgan fingerprint density at radius 3 is 3.13 bits per heavy atom. The third-order valence-electron chi connectivity index (χ3n) is 5.37. The zero-order valence-electron chi connectivity index (χ0n) is 16.4. The van der Waals surface area contributed by atoms with Gasteiger partial charge in [-0.1, -0.05) is 13.0 Å². The van der Waals surface area contributed by atoms with Crippen LogP contribution in [0, 0.1) is 5.92 Å². The molecule has 3 heterocycles. The fourth-order valence-electron chi connectivity index (χ4n) is 3.83. The van der Waals surface area contributed by atoms with Crippen molar-refractivity contribution < 1.29 is 19.0 Å². The van der Waals surface area contributed by atoms with E-state index in [2.05, 4.69) is 16.9 Å². The number of hydrogen-bond acceptors (Lipinski definition) is 7. The van der Waals surface area contributed by atoms with Gasteiger partial charge in [0.25, 0.3) is 5.56 Å². The number of aryl methyl sites for hydroxylation is 1. The molecular weight excluding hydrogens is 404 g/mol. The van der Waals surface area contributed by atoms with Crippen LogP contribution in [0.1, 0.15) is 35.2 Å². The number of rotatable bonds is 4. The Labute approximate surface area is 176 Å². The fourth-order valence-corrected chi connectivity index (χ4v) is 5.23. The van der Waals surface area contributed by atoms with Gasteiger partial charge in [-0.05, 0) is 54.5 Å². The number of hydrogen-bond donors (Lipinski definition) is 1. The zero-order chi connectivity index (χ0) is 20.7. The summed E-state index contributed by atoms with van der Waals surface area (Å²) in [5, 5.41) is 0.694. The number of aromatic amines is 1. The van der Waals surface area contributed by atoms with Gasteiger partial charge < -0.3 is 19.2 Å². The van der Waals surface area contributed by atoms with Crippen molar-refractivity contribution in [1.82, 2.24) is 9.97 Å². The minimum Gasteiger partial charge on any atom is -0.454 e. The summed E-state index contributed by atoms with van der Waals surface area (Å²) in [6.07, 6.45) is 5.97. The van der Waals surface area contributed by atoms with Crippen molar-refractivity contribution in [2.45, 2.75) is 32.8 Å². The third-order valence-corrected chi connectivity index (χ3v) is 6.52. The quantitative estimate of drug-likeness (QED) is 0.508. The molecule has 0 fully saturated rings. The Bertz CT molecular complexity index is 1230. The summed E-state index contributed by atoms with van der Waals surface area (Å²) >= 11 is 1.58. The Hall–Kier alpha value is -3.13. The minimum absolute atomic E-state index is 0.0888. The molecule has 1 aliphatic heterocycles. The number of carbonyl (C=O) groups is 1. The van der Waals surface area contributed by atoms with E-state index >= 15 is 0 Å². The molecule has 2 aliphatic rings. The minimum atomic E-state index is -0.519. The van der Waals surface area contributed by atoms with Crippen molar-refractivity contribution in [3.05, 3.63) is 56.5 Å². The second-order valence-electron chi connectivity index (χ2n) is 7.60. The predicted molar refractivity (Wildman–Crippen MR) is 113 cm³/mol. The molecule has 8 heteroatoms. The van der Waals surface area contributed by atoms with Crippen LogP contribution < -0.4 is 15.0 Å². The highest BCUT2D eigenvalue weighted by Gasteiger charge is 2.23. The van der Waals surface area contributed by atoms with E-state index in [1.54, 1.807) is 29.5 Å². The lowest BCUT2D eigenvalue weighted by molar-refractivity contribution is -0.139. The lowest BCUT2D eigenvalue weighted by Crippen LogP contribution is -2.15. The van der Waals surface area contributed by atoms with E-state index in [0.29, 0.717) is 28.6 Å². The molecule has 30 heavy (non-hydrogen) atoms. The van der Waals surface area contributed by atoms with Gasteiger partial charge in [0.05, 0.1) is 5.39 Å². The number of aromatic nitrogens is 2. The molecule has 5 rings (SSSR count). The Morgan fingerprint density at radius 2 is 2.23 bits per heavy atom. The van der Waals surface area contributed by atoms with Crippen molar-refractivity contribution in [2.75, 3.05) is 6.79 Å². The van der Waals surface area contributed by atoms with Gasteiger partial charge in [-0.2, -0.15) is 0 Å². The van der Waals surface area contributed by atoms with E-state index in [1.807, 2.05) is 6.07 Å². The van der Waals surface area contributed by atoms with Crippen LogP contribution in [0.15, 0.2) is 29.1 Å². The molecular formula is C22H20N2O5S. The molecule has 0 spiro atoms. The van der Waals surface area contributed by atoms with Crippen LogP contribution >= 0.6 is 11.3 Å². The van der Waals surface area contributed by atoms with Gasteiger partial charge in [-0.25, -0.2) is 9.78 Å². The first-order chi connectivity index (χ1) is 14.6. The van der Waals surface area contributed by atoms with E-state index < -0.39 is 5.97 Å². The molecule has 1 N–H and O–H groups in total. The molecule has 2 aromatic heterocycles. The first-order valence-corrected chi connectivity index (χ1v) is 10.7. The monoisotopic (exact) mass is 424 g/mol. The summed E-state index contributed by atoms with van der Waals surface area (Å²) in [4.78, 5) is 33.9. The SMILES string of the molecule is CC1CCc2c(sc3nc(COC(=O)C=Cc4ccc5c(c4)OCO5)[nH]c(=O)c23)C1. The maximum Gasteiger partial charge on any atom is 0.331 e. The standard InChI is InChI=1S/C22H20N2O5S/c1-12-2-5-14-17(8-12)30-22-20(14)21(26)23-18(24-22)10-27-19(25)7-4-13-3-6-15-16(9-13)29-11-28-15/h3-4,6-7,9,12H,2,5,8,10-11H2,1H3,(H,23,24,26). The molecule has 1 unspecified atom stereocenters. The number of benzene rings is 1. The predicted octanol–water partition coefficient (Wildman–Crippen LogP) is 3.59. The van der Waals surface area contributed by atoms with Crippen LogP contribution in [0.3, 0.4) is 0 Å². The van der Waals surface area contributed by atoms with Crippen molar-refractivity contribution >= 4 is 33.6 Å². The fraction of sp³-hybridized carbons (Fsp3) is 0.318. The summed E-state index contributed by atoms with van der Waals surface area (Å²) in [5.74, 6) is 1.79. The second kappa shape index (κ2) is 7.60. The van der Waals surface area contributed by atoms with Gasteiger partial charge >= 0.3 is 5.97 Å². The second-order valence-corrected chi connectivity index (χ2v) is 8.68. The number of carbonyl (C=O) groups excluding carboxylic acids is 1. The summed E-state index contributed by atoms with van der Waals surface area (Å²) < 4.78 is 15.8. The van der Waals surface area contributed by atoms with Crippen molar-refractivity contribution in [3.63, 3.8) is 0 Å². The molecule has 1 aliphatic carbocycles. The van der Waals surface area contributed by atoms with Gasteiger partial charge in [0.2, 0.25) is 6.79 Å². The summed E-state index contributed by atoms with van der Waals surface area (Å²) in [6, 6.07) is 5.40. The molecule has 1 atom stereocenters. The summed E-state index contributed by atoms with van der Waals surface area (Å²) in [5.41, 5.74) is 1.77. The van der Waals surface area contributed by atoms with Crippen LogP contribution in [-0.4, -0.2) is 22.7 Å². The first-order valence-electron chi connectivity index (χ1n) is 9.85. The summed E-state index contributed by atoms with van der Waals surface area (Å²) in [7, 11) is 0. The number of nitrogens with zero attached hydrogens (tertiary/aromatic N) is 1. The van der Waals surface area contributed by atoms with Crippen LogP contribution in [-0.2, 0) is 29.0 Å². The molecule has 1 aromatic carbocycles. The number of ether oxygens (including phenoxy) is 3. The molecule has 7 nitrogen and oxygen atoms in total. The van der Waals surface area contributed by atoms with Crippen molar-refractivity contribution in [2.24, 2.45) is 5.92 Å². The molecule has 0 bridgehead atoms.